The van der Waals surface area contributed by atoms with E-state index < -0.39 is 0 Å². The number of thioether (sulfide) groups is 1. The molecule has 4 heteroatoms. The Morgan fingerprint density at radius 1 is 1.58 bits per heavy atom. The van der Waals surface area contributed by atoms with Crippen LogP contribution in [0.3, 0.4) is 0 Å². The van der Waals surface area contributed by atoms with Gasteiger partial charge < -0.3 is 10.5 Å². The van der Waals surface area contributed by atoms with E-state index in [1.807, 2.05) is 24.0 Å². The van der Waals surface area contributed by atoms with Gasteiger partial charge in [0.05, 0.1) is 17.3 Å². The van der Waals surface area contributed by atoms with Crippen molar-refractivity contribution in [2.24, 2.45) is 11.7 Å². The Hall–Kier alpha value is -0.580. The minimum absolute atomic E-state index is 0.0487. The van der Waals surface area contributed by atoms with Gasteiger partial charge in [0, 0.05) is 18.6 Å². The van der Waals surface area contributed by atoms with Gasteiger partial charge in [-0.3, -0.25) is 4.98 Å². The van der Waals surface area contributed by atoms with E-state index >= 15 is 0 Å². The van der Waals surface area contributed by atoms with Crippen LogP contribution in [0.2, 0.25) is 0 Å². The van der Waals surface area contributed by atoms with E-state index in [2.05, 4.69) is 18.0 Å². The highest BCUT2D eigenvalue weighted by Gasteiger charge is 2.42. The number of hydrogen-bond donors (Lipinski definition) is 1. The summed E-state index contributed by atoms with van der Waals surface area (Å²) in [5.41, 5.74) is 8.87. The highest BCUT2D eigenvalue weighted by Crippen LogP contribution is 2.43. The first-order valence-corrected chi connectivity index (χ1v) is 8.24. The fourth-order valence-corrected chi connectivity index (χ4v) is 4.68. The molecule has 104 valence electrons. The second-order valence-corrected chi connectivity index (χ2v) is 6.92. The van der Waals surface area contributed by atoms with Crippen molar-refractivity contribution in [2.75, 3.05) is 18.1 Å². The monoisotopic (exact) mass is 278 g/mol. The van der Waals surface area contributed by atoms with Gasteiger partial charge in [0.15, 0.2) is 0 Å². The van der Waals surface area contributed by atoms with E-state index in [0.717, 1.165) is 30.9 Å². The summed E-state index contributed by atoms with van der Waals surface area (Å²) in [5.74, 6) is 2.86. The number of aryl methyl sites for hydroxylation is 1. The normalized spacial score (nSPS) is 32.6. The third kappa shape index (κ3) is 2.67. The van der Waals surface area contributed by atoms with Crippen LogP contribution in [-0.4, -0.2) is 28.7 Å². The highest BCUT2D eigenvalue weighted by atomic mass is 32.2. The molecule has 0 radical (unpaired) electrons. The Morgan fingerprint density at radius 3 is 3.21 bits per heavy atom. The smallest absolute Gasteiger partial charge is 0.0783 e. The average molecular weight is 278 g/mol. The number of nitrogens with two attached hydrogens (primary N) is 1. The first-order chi connectivity index (χ1) is 9.20. The van der Waals surface area contributed by atoms with E-state index in [4.69, 9.17) is 10.5 Å². The summed E-state index contributed by atoms with van der Waals surface area (Å²) in [6.45, 7) is 2.95. The molecule has 2 aliphatic rings. The molecule has 2 N–H and O–H groups in total. The largest absolute Gasteiger partial charge is 0.374 e. The molecule has 2 aliphatic heterocycles. The van der Waals surface area contributed by atoms with Crippen LogP contribution in [0.15, 0.2) is 18.3 Å². The van der Waals surface area contributed by atoms with Gasteiger partial charge in [-0.2, -0.15) is 11.8 Å². The van der Waals surface area contributed by atoms with Gasteiger partial charge in [-0.25, -0.2) is 0 Å². The molecule has 1 aromatic heterocycles. The van der Waals surface area contributed by atoms with Crippen LogP contribution in [0.4, 0.5) is 0 Å². The fraction of sp³-hybridized carbons (Fsp3) is 0.667. The standard InChI is InChI=1S/C15H22N2OS/c1-11-3-2-6-17-14(11)13(16)12-4-7-18-15(9-12)5-8-19-10-15/h2-3,6,12-13H,4-5,7-10,16H2,1H3. The first-order valence-electron chi connectivity index (χ1n) is 7.09. The maximum Gasteiger partial charge on any atom is 0.0783 e. The van der Waals surface area contributed by atoms with Crippen molar-refractivity contribution in [1.29, 1.82) is 0 Å². The summed E-state index contributed by atoms with van der Waals surface area (Å²) >= 11 is 2.01. The van der Waals surface area contributed by atoms with Crippen molar-refractivity contribution >= 4 is 11.8 Å². The van der Waals surface area contributed by atoms with Crippen LogP contribution in [0, 0.1) is 12.8 Å². The molecule has 1 spiro atoms. The molecule has 3 heterocycles. The van der Waals surface area contributed by atoms with E-state index in [-0.39, 0.29) is 11.6 Å². The van der Waals surface area contributed by atoms with Gasteiger partial charge in [-0.15, -0.1) is 0 Å². The topological polar surface area (TPSA) is 48.1 Å². The summed E-state index contributed by atoms with van der Waals surface area (Å²) in [4.78, 5) is 4.50. The van der Waals surface area contributed by atoms with E-state index in [1.54, 1.807) is 0 Å². The summed E-state index contributed by atoms with van der Waals surface area (Å²) < 4.78 is 6.08. The molecule has 3 nitrogen and oxygen atoms in total. The lowest BCUT2D eigenvalue weighted by Gasteiger charge is -2.40. The average Bonchev–Trinajstić information content (AvgIpc) is 2.86. The molecule has 0 aromatic carbocycles. The second-order valence-electron chi connectivity index (χ2n) is 5.82. The third-order valence-electron chi connectivity index (χ3n) is 4.47. The Balaban J connectivity index is 1.76. The van der Waals surface area contributed by atoms with Crippen LogP contribution >= 0.6 is 11.8 Å². The fourth-order valence-electron chi connectivity index (χ4n) is 3.31. The lowest BCUT2D eigenvalue weighted by Crippen LogP contribution is -2.43. The highest BCUT2D eigenvalue weighted by molar-refractivity contribution is 7.99. The Bertz CT molecular complexity index is 446. The second kappa shape index (κ2) is 5.43. The van der Waals surface area contributed by atoms with Crippen molar-refractivity contribution in [3.05, 3.63) is 29.6 Å². The van der Waals surface area contributed by atoms with Crippen LogP contribution in [0.5, 0.6) is 0 Å². The lowest BCUT2D eigenvalue weighted by atomic mass is 9.80. The SMILES string of the molecule is Cc1cccnc1C(N)C1CCOC2(CCSC2)C1. The van der Waals surface area contributed by atoms with Gasteiger partial charge in [-0.05, 0) is 49.5 Å². The van der Waals surface area contributed by atoms with Gasteiger partial charge in [0.25, 0.3) is 0 Å². The Kier molecular flexibility index (Phi) is 3.83. The molecular weight excluding hydrogens is 256 g/mol. The molecule has 0 aliphatic carbocycles. The minimum Gasteiger partial charge on any atom is -0.374 e. The number of hydrogen-bond acceptors (Lipinski definition) is 4. The molecule has 2 fully saturated rings. The predicted octanol–water partition coefficient (Wildman–Crippen LogP) is 2.69. The van der Waals surface area contributed by atoms with Crippen LogP contribution in [-0.2, 0) is 4.74 Å². The van der Waals surface area contributed by atoms with Crippen molar-refractivity contribution < 1.29 is 4.74 Å². The van der Waals surface area contributed by atoms with Gasteiger partial charge in [-0.1, -0.05) is 6.07 Å². The zero-order chi connectivity index (χ0) is 13.3. The maximum absolute atomic E-state index is 6.50. The zero-order valence-corrected chi connectivity index (χ0v) is 12.3. The zero-order valence-electron chi connectivity index (χ0n) is 11.5. The number of pyridine rings is 1. The number of ether oxygens (including phenoxy) is 1. The van der Waals surface area contributed by atoms with E-state index in [1.165, 1.54) is 17.7 Å². The molecular formula is C15H22N2OS. The maximum atomic E-state index is 6.50. The molecule has 0 saturated carbocycles. The Morgan fingerprint density at radius 2 is 2.47 bits per heavy atom. The number of nitrogens with zero attached hydrogens (tertiary/aromatic N) is 1. The number of aromatic nitrogens is 1. The molecule has 0 bridgehead atoms. The van der Waals surface area contributed by atoms with E-state index in [0.29, 0.717) is 5.92 Å². The van der Waals surface area contributed by atoms with Crippen LogP contribution in [0.1, 0.15) is 36.6 Å². The van der Waals surface area contributed by atoms with Gasteiger partial charge >= 0.3 is 0 Å². The molecule has 1 aromatic rings. The van der Waals surface area contributed by atoms with E-state index in [9.17, 15) is 0 Å². The molecule has 0 amide bonds. The summed E-state index contributed by atoms with van der Waals surface area (Å²) in [6, 6.07) is 4.13. The van der Waals surface area contributed by atoms with Crippen molar-refractivity contribution in [3.63, 3.8) is 0 Å². The molecule has 2 saturated heterocycles. The summed E-state index contributed by atoms with van der Waals surface area (Å²) in [7, 11) is 0. The predicted molar refractivity (Wildman–Crippen MR) is 79.3 cm³/mol. The molecule has 3 atom stereocenters. The summed E-state index contributed by atoms with van der Waals surface area (Å²) in [6.07, 6.45) is 5.19. The number of rotatable bonds is 2. The van der Waals surface area contributed by atoms with Gasteiger partial charge in [0.2, 0.25) is 0 Å². The molecule has 3 rings (SSSR count). The third-order valence-corrected chi connectivity index (χ3v) is 5.69. The quantitative estimate of drug-likeness (QED) is 0.903. The van der Waals surface area contributed by atoms with Crippen molar-refractivity contribution in [2.45, 2.75) is 37.8 Å². The minimum atomic E-state index is 0.0487. The Labute approximate surface area is 119 Å². The van der Waals surface area contributed by atoms with Crippen molar-refractivity contribution in [1.82, 2.24) is 4.98 Å². The molecule has 19 heavy (non-hydrogen) atoms. The summed E-state index contributed by atoms with van der Waals surface area (Å²) in [5, 5.41) is 0. The van der Waals surface area contributed by atoms with Crippen LogP contribution < -0.4 is 5.73 Å². The van der Waals surface area contributed by atoms with Crippen molar-refractivity contribution in [3.8, 4) is 0 Å². The van der Waals surface area contributed by atoms with Gasteiger partial charge in [0.1, 0.15) is 0 Å². The lowest BCUT2D eigenvalue weighted by molar-refractivity contribution is -0.0836. The van der Waals surface area contributed by atoms with Crippen LogP contribution in [0.25, 0.3) is 0 Å². The molecule has 3 unspecified atom stereocenters. The first kappa shape index (κ1) is 13.4.